The van der Waals surface area contributed by atoms with Crippen LogP contribution in [0.15, 0.2) is 34.4 Å². The van der Waals surface area contributed by atoms with Crippen molar-refractivity contribution in [2.75, 3.05) is 0 Å². The lowest BCUT2D eigenvalue weighted by Gasteiger charge is -2.03. The molecule has 0 aliphatic rings. The quantitative estimate of drug-likeness (QED) is 0.553. The molecule has 25 heavy (non-hydrogen) atoms. The molecule has 2 N–H and O–H groups in total. The van der Waals surface area contributed by atoms with Gasteiger partial charge in [0.15, 0.2) is 0 Å². The minimum absolute atomic E-state index is 0.0473. The monoisotopic (exact) mass is 355 g/mol. The molecule has 3 heterocycles. The van der Waals surface area contributed by atoms with E-state index >= 15 is 0 Å². The molecule has 0 spiro atoms. The third kappa shape index (κ3) is 3.63. The molecule has 3 rings (SSSR count). The summed E-state index contributed by atoms with van der Waals surface area (Å²) in [6.07, 6.45) is 3.27. The number of amides is 1. The minimum atomic E-state index is -0.346. The van der Waals surface area contributed by atoms with Gasteiger partial charge in [0.1, 0.15) is 10.7 Å². The highest BCUT2D eigenvalue weighted by Crippen LogP contribution is 2.25. The van der Waals surface area contributed by atoms with Gasteiger partial charge in [0.25, 0.3) is 5.56 Å². The van der Waals surface area contributed by atoms with Gasteiger partial charge in [0.05, 0.1) is 17.5 Å². The van der Waals surface area contributed by atoms with Crippen molar-refractivity contribution in [2.24, 2.45) is 5.10 Å². The number of pyridine rings is 1. The van der Waals surface area contributed by atoms with Gasteiger partial charge >= 0.3 is 0 Å². The van der Waals surface area contributed by atoms with Crippen molar-refractivity contribution >= 4 is 33.2 Å². The van der Waals surface area contributed by atoms with E-state index in [1.165, 1.54) is 11.3 Å². The van der Waals surface area contributed by atoms with E-state index < -0.39 is 0 Å². The van der Waals surface area contributed by atoms with Crippen molar-refractivity contribution in [3.63, 3.8) is 0 Å². The molecule has 0 unspecified atom stereocenters. The fraction of sp³-hybridized carbons (Fsp3) is 0.235. The van der Waals surface area contributed by atoms with Gasteiger partial charge in [-0.3, -0.25) is 14.6 Å². The zero-order valence-electron chi connectivity index (χ0n) is 14.1. The standard InChI is InChI=1S/C17H17N5O2S/c1-9-11(3)25-17-15(9)16(24)19-13(20-17)8-14(23)22-21-10(2)12-4-6-18-7-5-12/h4-7H,8H2,1-3H3,(H,22,23)(H,19,20,24)/b21-10-. The van der Waals surface area contributed by atoms with E-state index in [1.54, 1.807) is 31.5 Å². The maximum absolute atomic E-state index is 12.2. The van der Waals surface area contributed by atoms with Crippen LogP contribution in [-0.4, -0.2) is 26.6 Å². The van der Waals surface area contributed by atoms with E-state index in [0.717, 1.165) is 16.0 Å². The lowest BCUT2D eigenvalue weighted by Crippen LogP contribution is -2.24. The summed E-state index contributed by atoms with van der Waals surface area (Å²) in [5.74, 6) is -0.0195. The van der Waals surface area contributed by atoms with Gasteiger partial charge in [-0.05, 0) is 38.5 Å². The van der Waals surface area contributed by atoms with Crippen LogP contribution < -0.4 is 11.0 Å². The van der Waals surface area contributed by atoms with Gasteiger partial charge in [-0.15, -0.1) is 11.3 Å². The van der Waals surface area contributed by atoms with Gasteiger partial charge in [-0.1, -0.05) is 0 Å². The topological polar surface area (TPSA) is 100 Å². The van der Waals surface area contributed by atoms with Gasteiger partial charge in [-0.25, -0.2) is 10.4 Å². The first kappa shape index (κ1) is 17.0. The largest absolute Gasteiger partial charge is 0.309 e. The summed E-state index contributed by atoms with van der Waals surface area (Å²) in [5.41, 5.74) is 4.73. The summed E-state index contributed by atoms with van der Waals surface area (Å²) in [7, 11) is 0. The summed E-state index contributed by atoms with van der Waals surface area (Å²) in [6, 6.07) is 3.61. The van der Waals surface area contributed by atoms with Crippen molar-refractivity contribution in [1.82, 2.24) is 20.4 Å². The summed E-state index contributed by atoms with van der Waals surface area (Å²) in [6.45, 7) is 5.64. The second-order valence-electron chi connectivity index (χ2n) is 5.62. The number of fused-ring (bicyclic) bond motifs is 1. The Labute approximate surface area is 147 Å². The van der Waals surface area contributed by atoms with Crippen LogP contribution in [0.3, 0.4) is 0 Å². The number of hydrogen-bond donors (Lipinski definition) is 2. The minimum Gasteiger partial charge on any atom is -0.309 e. The molecular weight excluding hydrogens is 338 g/mol. The number of aryl methyl sites for hydroxylation is 2. The summed E-state index contributed by atoms with van der Waals surface area (Å²) < 4.78 is 0. The third-order valence-electron chi connectivity index (χ3n) is 3.86. The number of H-pyrrole nitrogens is 1. The maximum atomic E-state index is 12.2. The molecule has 7 nitrogen and oxygen atoms in total. The number of carbonyl (C=O) groups is 1. The lowest BCUT2D eigenvalue weighted by atomic mass is 10.2. The van der Waals surface area contributed by atoms with Crippen LogP contribution in [0, 0.1) is 13.8 Å². The van der Waals surface area contributed by atoms with Crippen LogP contribution in [0.2, 0.25) is 0 Å². The smallest absolute Gasteiger partial charge is 0.259 e. The molecule has 3 aromatic heterocycles. The molecule has 3 aromatic rings. The van der Waals surface area contributed by atoms with Crippen molar-refractivity contribution in [3.05, 3.63) is 56.7 Å². The molecule has 0 saturated heterocycles. The number of hydrazone groups is 1. The average molecular weight is 355 g/mol. The molecule has 0 aromatic carbocycles. The van der Waals surface area contributed by atoms with Gasteiger partial charge in [0.2, 0.25) is 5.91 Å². The van der Waals surface area contributed by atoms with Crippen molar-refractivity contribution < 1.29 is 4.79 Å². The van der Waals surface area contributed by atoms with Gasteiger partial charge < -0.3 is 4.98 Å². The first-order valence-corrected chi connectivity index (χ1v) is 8.49. The molecule has 0 aliphatic heterocycles. The Morgan fingerprint density at radius 2 is 2.04 bits per heavy atom. The maximum Gasteiger partial charge on any atom is 0.259 e. The van der Waals surface area contributed by atoms with Crippen LogP contribution in [0.4, 0.5) is 0 Å². The van der Waals surface area contributed by atoms with E-state index in [4.69, 9.17) is 0 Å². The Balaban J connectivity index is 1.75. The number of nitrogens with zero attached hydrogens (tertiary/aromatic N) is 3. The van der Waals surface area contributed by atoms with Crippen molar-refractivity contribution in [2.45, 2.75) is 27.2 Å². The Morgan fingerprint density at radius 3 is 2.76 bits per heavy atom. The number of hydrogen-bond acceptors (Lipinski definition) is 6. The molecule has 1 amide bonds. The molecule has 0 bridgehead atoms. The Kier molecular flexibility index (Phi) is 4.71. The summed E-state index contributed by atoms with van der Waals surface area (Å²) in [5, 5.41) is 4.66. The molecule has 0 radical (unpaired) electrons. The van der Waals surface area contributed by atoms with Gasteiger partial charge in [0, 0.05) is 22.8 Å². The van der Waals surface area contributed by atoms with Crippen molar-refractivity contribution in [3.8, 4) is 0 Å². The second kappa shape index (κ2) is 6.94. The fourth-order valence-electron chi connectivity index (χ4n) is 2.38. The third-order valence-corrected chi connectivity index (χ3v) is 4.96. The summed E-state index contributed by atoms with van der Waals surface area (Å²) >= 11 is 1.45. The predicted molar refractivity (Wildman–Crippen MR) is 98.0 cm³/mol. The number of rotatable bonds is 4. The lowest BCUT2D eigenvalue weighted by molar-refractivity contribution is -0.120. The number of nitrogens with one attached hydrogen (secondary N) is 2. The Bertz CT molecular complexity index is 1020. The van der Waals surface area contributed by atoms with E-state index in [2.05, 4.69) is 25.5 Å². The highest BCUT2D eigenvalue weighted by Gasteiger charge is 2.13. The predicted octanol–water partition coefficient (Wildman–Crippen LogP) is 2.08. The number of aromatic nitrogens is 3. The van der Waals surface area contributed by atoms with E-state index in [9.17, 15) is 9.59 Å². The summed E-state index contributed by atoms with van der Waals surface area (Å²) in [4.78, 5) is 37.0. The number of thiophene rings is 1. The van der Waals surface area contributed by atoms with E-state index in [1.807, 2.05) is 13.8 Å². The molecule has 128 valence electrons. The molecular formula is C17H17N5O2S. The highest BCUT2D eigenvalue weighted by molar-refractivity contribution is 7.18. The van der Waals surface area contributed by atoms with E-state index in [0.29, 0.717) is 21.8 Å². The molecule has 8 heteroatoms. The van der Waals surface area contributed by atoms with Crippen LogP contribution in [0.5, 0.6) is 0 Å². The Morgan fingerprint density at radius 1 is 1.32 bits per heavy atom. The zero-order chi connectivity index (χ0) is 18.0. The fourth-order valence-corrected chi connectivity index (χ4v) is 3.43. The second-order valence-corrected chi connectivity index (χ2v) is 6.82. The molecule has 0 atom stereocenters. The first-order valence-electron chi connectivity index (χ1n) is 7.68. The Hall–Kier alpha value is -2.87. The van der Waals surface area contributed by atoms with Crippen LogP contribution in [-0.2, 0) is 11.2 Å². The normalized spacial score (nSPS) is 11.7. The zero-order valence-corrected chi connectivity index (χ0v) is 14.9. The van der Waals surface area contributed by atoms with Crippen LogP contribution >= 0.6 is 11.3 Å². The van der Waals surface area contributed by atoms with Crippen LogP contribution in [0.25, 0.3) is 10.2 Å². The number of aromatic amines is 1. The molecule has 0 saturated carbocycles. The SMILES string of the molecule is C/C(=N/NC(=O)Cc1nc2sc(C)c(C)c2c(=O)[nH]1)c1ccncc1. The van der Waals surface area contributed by atoms with Crippen molar-refractivity contribution in [1.29, 1.82) is 0 Å². The van der Waals surface area contributed by atoms with E-state index in [-0.39, 0.29) is 17.9 Å². The highest BCUT2D eigenvalue weighted by atomic mass is 32.1. The number of carbonyl (C=O) groups excluding carboxylic acids is 1. The average Bonchev–Trinajstić information content (AvgIpc) is 2.88. The molecule has 0 fully saturated rings. The van der Waals surface area contributed by atoms with Crippen LogP contribution in [0.1, 0.15) is 28.8 Å². The molecule has 0 aliphatic carbocycles. The first-order chi connectivity index (χ1) is 12.0. The van der Waals surface area contributed by atoms with Gasteiger partial charge in [-0.2, -0.15) is 5.10 Å².